The SMILES string of the molecule is COC(=O)c1c(-c2ccccc2)csc1NC(=O)C(C)(C)C. The fraction of sp³-hybridized carbons (Fsp3) is 0.294. The highest BCUT2D eigenvalue weighted by Crippen LogP contribution is 2.36. The van der Waals surface area contributed by atoms with Gasteiger partial charge in [0, 0.05) is 16.4 Å². The number of hydrogen-bond acceptors (Lipinski definition) is 4. The molecule has 0 aliphatic heterocycles. The van der Waals surface area contributed by atoms with Crippen molar-refractivity contribution < 1.29 is 14.3 Å². The predicted molar refractivity (Wildman–Crippen MR) is 89.2 cm³/mol. The van der Waals surface area contributed by atoms with Crippen molar-refractivity contribution in [3.05, 3.63) is 41.3 Å². The van der Waals surface area contributed by atoms with Gasteiger partial charge in [-0.2, -0.15) is 0 Å². The van der Waals surface area contributed by atoms with E-state index in [1.165, 1.54) is 18.4 Å². The highest BCUT2D eigenvalue weighted by atomic mass is 32.1. The summed E-state index contributed by atoms with van der Waals surface area (Å²) in [4.78, 5) is 24.3. The molecule has 0 radical (unpaired) electrons. The van der Waals surface area contributed by atoms with Gasteiger partial charge in [0.1, 0.15) is 10.6 Å². The van der Waals surface area contributed by atoms with Crippen LogP contribution in [0.25, 0.3) is 11.1 Å². The molecule has 0 fully saturated rings. The van der Waals surface area contributed by atoms with Crippen LogP contribution in [0.1, 0.15) is 31.1 Å². The second-order valence-electron chi connectivity index (χ2n) is 5.92. The normalized spacial score (nSPS) is 11.1. The number of carbonyl (C=O) groups is 2. The van der Waals surface area contributed by atoms with Gasteiger partial charge >= 0.3 is 5.97 Å². The molecule has 1 amide bonds. The monoisotopic (exact) mass is 317 g/mol. The Morgan fingerprint density at radius 3 is 2.32 bits per heavy atom. The van der Waals surface area contributed by atoms with Gasteiger partial charge in [0.05, 0.1) is 7.11 Å². The molecule has 0 unspecified atom stereocenters. The number of rotatable bonds is 3. The Morgan fingerprint density at radius 1 is 1.14 bits per heavy atom. The Morgan fingerprint density at radius 2 is 1.77 bits per heavy atom. The maximum atomic E-state index is 12.2. The summed E-state index contributed by atoms with van der Waals surface area (Å²) in [5.41, 5.74) is 1.54. The van der Waals surface area contributed by atoms with Crippen LogP contribution in [0, 0.1) is 5.41 Å². The van der Waals surface area contributed by atoms with Gasteiger partial charge in [0.15, 0.2) is 0 Å². The first-order chi connectivity index (χ1) is 10.3. The van der Waals surface area contributed by atoms with E-state index in [1.54, 1.807) is 0 Å². The van der Waals surface area contributed by atoms with Crippen molar-refractivity contribution in [2.45, 2.75) is 20.8 Å². The fourth-order valence-corrected chi connectivity index (χ4v) is 2.83. The van der Waals surface area contributed by atoms with Crippen LogP contribution >= 0.6 is 11.3 Å². The second kappa shape index (κ2) is 6.32. The zero-order valence-corrected chi connectivity index (χ0v) is 13.9. The van der Waals surface area contributed by atoms with E-state index < -0.39 is 11.4 Å². The van der Waals surface area contributed by atoms with Gasteiger partial charge in [0.25, 0.3) is 0 Å². The molecule has 0 saturated heterocycles. The van der Waals surface area contributed by atoms with Gasteiger partial charge < -0.3 is 10.1 Å². The van der Waals surface area contributed by atoms with Crippen molar-refractivity contribution in [3.8, 4) is 11.1 Å². The summed E-state index contributed by atoms with van der Waals surface area (Å²) < 4.78 is 4.88. The summed E-state index contributed by atoms with van der Waals surface area (Å²) in [6, 6.07) is 9.56. The summed E-state index contributed by atoms with van der Waals surface area (Å²) in [6.07, 6.45) is 0. The van der Waals surface area contributed by atoms with Crippen molar-refractivity contribution in [2.24, 2.45) is 5.41 Å². The van der Waals surface area contributed by atoms with Crippen LogP contribution < -0.4 is 5.32 Å². The lowest BCUT2D eigenvalue weighted by molar-refractivity contribution is -0.123. The lowest BCUT2D eigenvalue weighted by Gasteiger charge is -2.17. The van der Waals surface area contributed by atoms with Crippen LogP contribution in [-0.2, 0) is 9.53 Å². The molecule has 1 aromatic heterocycles. The number of anilines is 1. The summed E-state index contributed by atoms with van der Waals surface area (Å²) in [6.45, 7) is 5.48. The number of nitrogens with one attached hydrogen (secondary N) is 1. The van der Waals surface area contributed by atoms with E-state index in [4.69, 9.17) is 4.74 Å². The topological polar surface area (TPSA) is 55.4 Å². The Labute approximate surface area is 134 Å². The molecule has 0 aliphatic carbocycles. The molecule has 2 rings (SSSR count). The standard InChI is InChI=1S/C17H19NO3S/c1-17(2,3)16(20)18-14-13(15(19)21-4)12(10-22-14)11-8-6-5-7-9-11/h5-10H,1-4H3,(H,18,20). The lowest BCUT2D eigenvalue weighted by atomic mass is 9.95. The Bertz CT molecular complexity index is 684. The molecule has 1 heterocycles. The van der Waals surface area contributed by atoms with Crippen LogP contribution in [0.4, 0.5) is 5.00 Å². The summed E-state index contributed by atoms with van der Waals surface area (Å²) >= 11 is 1.33. The zero-order valence-electron chi connectivity index (χ0n) is 13.1. The fourth-order valence-electron chi connectivity index (χ4n) is 1.88. The number of benzene rings is 1. The minimum atomic E-state index is -0.537. The van der Waals surface area contributed by atoms with Crippen molar-refractivity contribution >= 4 is 28.2 Å². The van der Waals surface area contributed by atoms with Crippen molar-refractivity contribution in [1.82, 2.24) is 0 Å². The first kappa shape index (κ1) is 16.2. The number of thiophene rings is 1. The van der Waals surface area contributed by atoms with Crippen molar-refractivity contribution in [3.63, 3.8) is 0 Å². The molecule has 0 saturated carbocycles. The molecular weight excluding hydrogens is 298 g/mol. The molecule has 1 N–H and O–H groups in total. The van der Waals surface area contributed by atoms with Gasteiger partial charge in [-0.05, 0) is 5.56 Å². The Kier molecular flexibility index (Phi) is 4.66. The highest BCUT2D eigenvalue weighted by molar-refractivity contribution is 7.15. The molecule has 0 bridgehead atoms. The largest absolute Gasteiger partial charge is 0.465 e. The second-order valence-corrected chi connectivity index (χ2v) is 6.79. The number of carbonyl (C=O) groups excluding carboxylic acids is 2. The highest BCUT2D eigenvalue weighted by Gasteiger charge is 2.26. The zero-order chi connectivity index (χ0) is 16.3. The molecule has 5 heteroatoms. The third-order valence-electron chi connectivity index (χ3n) is 3.17. The summed E-state index contributed by atoms with van der Waals surface area (Å²) in [5.74, 6) is -0.594. The van der Waals surface area contributed by atoms with E-state index in [2.05, 4.69) is 5.32 Å². The van der Waals surface area contributed by atoms with Gasteiger partial charge in [-0.25, -0.2) is 4.79 Å². The van der Waals surface area contributed by atoms with Crippen LogP contribution in [0.5, 0.6) is 0 Å². The van der Waals surface area contributed by atoms with Gasteiger partial charge in [-0.3, -0.25) is 4.79 Å². The predicted octanol–water partition coefficient (Wildman–Crippen LogP) is 4.19. The third-order valence-corrected chi connectivity index (χ3v) is 4.07. The molecule has 0 atom stereocenters. The average molecular weight is 317 g/mol. The molecule has 22 heavy (non-hydrogen) atoms. The molecule has 0 spiro atoms. The minimum Gasteiger partial charge on any atom is -0.465 e. The maximum absolute atomic E-state index is 12.2. The summed E-state index contributed by atoms with van der Waals surface area (Å²) in [5, 5.41) is 5.21. The first-order valence-electron chi connectivity index (χ1n) is 6.91. The number of hydrogen-bond donors (Lipinski definition) is 1. The van der Waals surface area contributed by atoms with Crippen LogP contribution in [0.15, 0.2) is 35.7 Å². The number of esters is 1. The lowest BCUT2D eigenvalue weighted by Crippen LogP contribution is -2.28. The van der Waals surface area contributed by atoms with E-state index in [0.717, 1.165) is 11.1 Å². The summed E-state index contributed by atoms with van der Waals surface area (Å²) in [7, 11) is 1.34. The average Bonchev–Trinajstić information content (AvgIpc) is 2.90. The van der Waals surface area contributed by atoms with Crippen molar-refractivity contribution in [2.75, 3.05) is 12.4 Å². The first-order valence-corrected chi connectivity index (χ1v) is 7.79. The number of ether oxygens (including phenoxy) is 1. The van der Waals surface area contributed by atoms with Gasteiger partial charge in [0.2, 0.25) is 5.91 Å². The maximum Gasteiger partial charge on any atom is 0.341 e. The molecule has 116 valence electrons. The smallest absolute Gasteiger partial charge is 0.341 e. The quantitative estimate of drug-likeness (QED) is 0.864. The molecule has 4 nitrogen and oxygen atoms in total. The van der Waals surface area contributed by atoms with E-state index in [0.29, 0.717) is 10.6 Å². The van der Waals surface area contributed by atoms with Gasteiger partial charge in [-0.1, -0.05) is 51.1 Å². The van der Waals surface area contributed by atoms with E-state index in [1.807, 2.05) is 56.5 Å². The van der Waals surface area contributed by atoms with E-state index in [-0.39, 0.29) is 5.91 Å². The van der Waals surface area contributed by atoms with E-state index in [9.17, 15) is 9.59 Å². The number of amides is 1. The third kappa shape index (κ3) is 3.36. The molecule has 2 aromatic rings. The van der Waals surface area contributed by atoms with Crippen molar-refractivity contribution in [1.29, 1.82) is 0 Å². The molecular formula is C17H19NO3S. The number of methoxy groups -OCH3 is 1. The van der Waals surface area contributed by atoms with Crippen LogP contribution in [0.3, 0.4) is 0 Å². The molecule has 1 aromatic carbocycles. The van der Waals surface area contributed by atoms with Crippen LogP contribution in [-0.4, -0.2) is 19.0 Å². The Hall–Kier alpha value is -2.14. The minimum absolute atomic E-state index is 0.140. The van der Waals surface area contributed by atoms with E-state index >= 15 is 0 Å². The molecule has 0 aliphatic rings. The van der Waals surface area contributed by atoms with Gasteiger partial charge in [-0.15, -0.1) is 11.3 Å². The van der Waals surface area contributed by atoms with Crippen LogP contribution in [0.2, 0.25) is 0 Å². The Balaban J connectivity index is 2.46.